The zero-order chi connectivity index (χ0) is 22.0. The van der Waals surface area contributed by atoms with Gasteiger partial charge in [-0.1, -0.05) is 26.8 Å². The normalized spacial score (nSPS) is 30.9. The van der Waals surface area contributed by atoms with Crippen LogP contribution in [0.2, 0.25) is 18.1 Å². The average molecular weight is 427 g/mol. The number of rotatable bonds is 10. The molecule has 0 radical (unpaired) electrons. The zero-order valence-corrected chi connectivity index (χ0v) is 19.8. The number of allylic oxidation sites excluding steroid dienone is 1. The van der Waals surface area contributed by atoms with Gasteiger partial charge in [0, 0.05) is 18.8 Å². The van der Waals surface area contributed by atoms with Crippen molar-refractivity contribution in [1.82, 2.24) is 0 Å². The maximum atomic E-state index is 12.9. The Hall–Kier alpha value is -1.02. The van der Waals surface area contributed by atoms with Gasteiger partial charge < -0.3 is 19.0 Å². The van der Waals surface area contributed by atoms with Crippen molar-refractivity contribution in [2.75, 3.05) is 7.11 Å². The first-order chi connectivity index (χ1) is 13.4. The lowest BCUT2D eigenvalue weighted by molar-refractivity contribution is -0.140. The van der Waals surface area contributed by atoms with E-state index in [0.717, 1.165) is 0 Å². The van der Waals surface area contributed by atoms with Gasteiger partial charge in [0.05, 0.1) is 31.3 Å². The smallest absolute Gasteiger partial charge is 0.305 e. The van der Waals surface area contributed by atoms with E-state index in [1.54, 1.807) is 0 Å². The predicted molar refractivity (Wildman–Crippen MR) is 114 cm³/mol. The molecule has 0 spiro atoms. The summed E-state index contributed by atoms with van der Waals surface area (Å²) < 4.78 is 16.9. The number of ether oxygens (including phenoxy) is 2. The molecule has 1 saturated heterocycles. The van der Waals surface area contributed by atoms with E-state index in [0.29, 0.717) is 32.1 Å². The van der Waals surface area contributed by atoms with Crippen LogP contribution in [0.4, 0.5) is 0 Å². The highest BCUT2D eigenvalue weighted by Gasteiger charge is 2.55. The maximum absolute atomic E-state index is 12.9. The van der Waals surface area contributed by atoms with E-state index in [1.807, 2.05) is 6.08 Å². The molecule has 2 unspecified atom stereocenters. The highest BCUT2D eigenvalue weighted by Crippen LogP contribution is 2.45. The molecule has 1 heterocycles. The molecule has 1 aliphatic carbocycles. The number of aliphatic hydroxyl groups excluding tert-OH is 1. The van der Waals surface area contributed by atoms with Crippen molar-refractivity contribution in [2.24, 2.45) is 11.8 Å². The molecule has 6 atom stereocenters. The first kappa shape index (κ1) is 24.2. The Morgan fingerprint density at radius 1 is 1.41 bits per heavy atom. The van der Waals surface area contributed by atoms with Gasteiger partial charge in [0.1, 0.15) is 11.9 Å². The number of hydrogen-bond acceptors (Lipinski definition) is 6. The van der Waals surface area contributed by atoms with E-state index in [4.69, 9.17) is 9.16 Å². The van der Waals surface area contributed by atoms with Crippen molar-refractivity contribution in [2.45, 2.75) is 95.4 Å². The molecule has 2 fully saturated rings. The van der Waals surface area contributed by atoms with Crippen LogP contribution in [0.25, 0.3) is 0 Å². The third-order valence-corrected chi connectivity index (χ3v) is 11.3. The summed E-state index contributed by atoms with van der Waals surface area (Å²) in [7, 11) is -0.664. The van der Waals surface area contributed by atoms with E-state index >= 15 is 0 Å². The first-order valence-corrected chi connectivity index (χ1v) is 13.6. The van der Waals surface area contributed by atoms with Crippen molar-refractivity contribution in [3.8, 4) is 0 Å². The van der Waals surface area contributed by atoms with Crippen LogP contribution in [0.5, 0.6) is 0 Å². The largest absolute Gasteiger partial charge is 0.469 e. The minimum absolute atomic E-state index is 0.0514. The summed E-state index contributed by atoms with van der Waals surface area (Å²) in [5, 5.41) is 11.0. The Morgan fingerprint density at radius 3 is 2.62 bits per heavy atom. The fraction of sp³-hybridized carbons (Fsp3) is 0.818. The van der Waals surface area contributed by atoms with Gasteiger partial charge >= 0.3 is 5.97 Å². The number of epoxide rings is 1. The van der Waals surface area contributed by atoms with Crippen LogP contribution in [0.1, 0.15) is 52.9 Å². The number of carbonyl (C=O) groups excluding carboxylic acids is 2. The van der Waals surface area contributed by atoms with Crippen molar-refractivity contribution in [1.29, 1.82) is 0 Å². The van der Waals surface area contributed by atoms with Gasteiger partial charge in [0.2, 0.25) is 0 Å². The lowest BCUT2D eigenvalue weighted by Crippen LogP contribution is -2.45. The monoisotopic (exact) mass is 426 g/mol. The molecule has 1 saturated carbocycles. The standard InChI is InChI=1S/C22H38O6Si/c1-8-10-14-17(28-29(6,7)22(2,3)4)13-15(23)19(14)20(25)21-16(27-21)11-9-12-18(24)26-5/h8,14,16-17,19-21,25H,1,9-13H2,2-7H3/t14-,16-,17+,19?,20?,21-/m0/s1. The Balaban J connectivity index is 2.01. The van der Waals surface area contributed by atoms with Gasteiger partial charge in [-0.2, -0.15) is 0 Å². The van der Waals surface area contributed by atoms with Crippen molar-refractivity contribution < 1.29 is 28.6 Å². The fourth-order valence-electron chi connectivity index (χ4n) is 4.02. The number of hydrogen-bond donors (Lipinski definition) is 1. The summed E-state index contributed by atoms with van der Waals surface area (Å²) in [5.41, 5.74) is 0. The number of carbonyl (C=O) groups is 2. The molecule has 1 aliphatic heterocycles. The quantitative estimate of drug-likeness (QED) is 0.248. The van der Waals surface area contributed by atoms with Crippen molar-refractivity contribution >= 4 is 20.1 Å². The van der Waals surface area contributed by atoms with Gasteiger partial charge in [0.25, 0.3) is 0 Å². The molecule has 2 aliphatic rings. The third-order valence-electron chi connectivity index (χ3n) is 6.83. The summed E-state index contributed by atoms with van der Waals surface area (Å²) in [6, 6.07) is 0. The number of methoxy groups -OCH3 is 1. The summed E-state index contributed by atoms with van der Waals surface area (Å²) in [4.78, 5) is 24.1. The number of aliphatic hydroxyl groups is 1. The Morgan fingerprint density at radius 2 is 2.07 bits per heavy atom. The summed E-state index contributed by atoms with van der Waals surface area (Å²) in [6.45, 7) is 14.8. The highest BCUT2D eigenvalue weighted by molar-refractivity contribution is 6.74. The van der Waals surface area contributed by atoms with Gasteiger partial charge in [0.15, 0.2) is 8.32 Å². The van der Waals surface area contributed by atoms with Crippen LogP contribution in [0, 0.1) is 11.8 Å². The van der Waals surface area contributed by atoms with Crippen LogP contribution < -0.4 is 0 Å². The number of esters is 1. The average Bonchev–Trinajstić information content (AvgIpc) is 3.32. The summed E-state index contributed by atoms with van der Waals surface area (Å²) in [5.74, 6) is -0.760. The van der Waals surface area contributed by atoms with Crippen LogP contribution in [-0.4, -0.2) is 56.7 Å². The predicted octanol–water partition coefficient (Wildman–Crippen LogP) is 3.63. The van der Waals surface area contributed by atoms with Crippen molar-refractivity contribution in [3.63, 3.8) is 0 Å². The van der Waals surface area contributed by atoms with Crippen LogP contribution in [-0.2, 0) is 23.5 Å². The number of Topliss-reactive ketones (excluding diaryl/α,β-unsaturated/α-hetero) is 1. The molecule has 0 amide bonds. The minimum atomic E-state index is -2.04. The van der Waals surface area contributed by atoms with E-state index < -0.39 is 20.3 Å². The topological polar surface area (TPSA) is 85.4 Å². The summed E-state index contributed by atoms with van der Waals surface area (Å²) >= 11 is 0. The minimum Gasteiger partial charge on any atom is -0.469 e. The lowest BCUT2D eigenvalue weighted by atomic mass is 9.84. The van der Waals surface area contributed by atoms with E-state index in [1.165, 1.54) is 7.11 Å². The summed E-state index contributed by atoms with van der Waals surface area (Å²) in [6.07, 6.45) is 2.96. The Bertz CT molecular complexity index is 611. The van der Waals surface area contributed by atoms with Gasteiger partial charge in [-0.25, -0.2) is 0 Å². The Labute approximate surface area is 176 Å². The Kier molecular flexibility index (Phi) is 7.87. The molecule has 7 heteroatoms. The molecule has 0 aromatic rings. The van der Waals surface area contributed by atoms with Gasteiger partial charge in [-0.3, -0.25) is 9.59 Å². The highest BCUT2D eigenvalue weighted by atomic mass is 28.4. The first-order valence-electron chi connectivity index (χ1n) is 10.6. The molecule has 29 heavy (non-hydrogen) atoms. The van der Waals surface area contributed by atoms with Crippen LogP contribution in [0.3, 0.4) is 0 Å². The molecular formula is C22H38O6Si. The second kappa shape index (κ2) is 9.41. The second-order valence-corrected chi connectivity index (χ2v) is 14.7. The lowest BCUT2D eigenvalue weighted by Gasteiger charge is -2.40. The molecule has 166 valence electrons. The zero-order valence-electron chi connectivity index (χ0n) is 18.8. The third kappa shape index (κ3) is 5.78. The van der Waals surface area contributed by atoms with Crippen LogP contribution >= 0.6 is 0 Å². The van der Waals surface area contributed by atoms with Gasteiger partial charge in [-0.15, -0.1) is 6.58 Å². The molecule has 0 bridgehead atoms. The van der Waals surface area contributed by atoms with Crippen LogP contribution in [0.15, 0.2) is 12.7 Å². The maximum Gasteiger partial charge on any atom is 0.305 e. The molecule has 6 nitrogen and oxygen atoms in total. The molecule has 0 aromatic carbocycles. The van der Waals surface area contributed by atoms with Gasteiger partial charge in [-0.05, 0) is 37.4 Å². The fourth-order valence-corrected chi connectivity index (χ4v) is 5.39. The van der Waals surface area contributed by atoms with Crippen molar-refractivity contribution in [3.05, 3.63) is 12.7 Å². The molecule has 2 rings (SSSR count). The second-order valence-electron chi connectivity index (χ2n) is 9.90. The van der Waals surface area contributed by atoms with E-state index in [-0.39, 0.29) is 41.0 Å². The van der Waals surface area contributed by atoms with E-state index in [9.17, 15) is 14.7 Å². The molecular weight excluding hydrogens is 388 g/mol. The number of ketones is 1. The SMILES string of the molecule is C=CC[C@@H]1C(C(O)[C@H]2O[C@H]2CCCC(=O)OC)C(=O)C[C@H]1O[Si](C)(C)C(C)(C)C. The van der Waals surface area contributed by atoms with E-state index in [2.05, 4.69) is 45.2 Å². The molecule has 0 aromatic heterocycles. The molecule has 1 N–H and O–H groups in total.